The third-order valence-electron chi connectivity index (χ3n) is 2.59. The Hall–Kier alpha value is -1.94. The average Bonchev–Trinajstić information content (AvgIpc) is 2.90. The molecule has 0 bridgehead atoms. The van der Waals surface area contributed by atoms with Gasteiger partial charge < -0.3 is 5.32 Å². The van der Waals surface area contributed by atoms with Gasteiger partial charge in [-0.1, -0.05) is 6.07 Å². The van der Waals surface area contributed by atoms with Crippen LogP contribution >= 0.6 is 11.3 Å². The Balaban J connectivity index is 2.13. The SMILES string of the molecule is O=C1Nc2ccc(F)cc2/C1=C/c1cccs1. The van der Waals surface area contributed by atoms with E-state index >= 15 is 0 Å². The van der Waals surface area contributed by atoms with Gasteiger partial charge in [-0.3, -0.25) is 4.79 Å². The number of benzene rings is 1. The molecule has 0 saturated heterocycles. The molecule has 3 rings (SSSR count). The minimum Gasteiger partial charge on any atom is -0.321 e. The summed E-state index contributed by atoms with van der Waals surface area (Å²) in [5.74, 6) is -0.517. The second-order valence-electron chi connectivity index (χ2n) is 3.72. The summed E-state index contributed by atoms with van der Waals surface area (Å²) in [6.45, 7) is 0. The van der Waals surface area contributed by atoms with Gasteiger partial charge in [-0.05, 0) is 35.7 Å². The van der Waals surface area contributed by atoms with Crippen molar-refractivity contribution in [2.75, 3.05) is 5.32 Å². The van der Waals surface area contributed by atoms with Crippen molar-refractivity contribution < 1.29 is 9.18 Å². The van der Waals surface area contributed by atoms with Crippen LogP contribution in [-0.2, 0) is 4.79 Å². The van der Waals surface area contributed by atoms with Crippen molar-refractivity contribution in [1.82, 2.24) is 0 Å². The van der Waals surface area contributed by atoms with E-state index in [-0.39, 0.29) is 11.7 Å². The smallest absolute Gasteiger partial charge is 0.256 e. The fraction of sp³-hybridized carbons (Fsp3) is 0. The molecular formula is C13H8FNOS. The summed E-state index contributed by atoms with van der Waals surface area (Å²) < 4.78 is 13.2. The lowest BCUT2D eigenvalue weighted by Gasteiger charge is -1.97. The number of hydrogen-bond donors (Lipinski definition) is 1. The second kappa shape index (κ2) is 3.82. The van der Waals surface area contributed by atoms with Crippen LogP contribution in [0, 0.1) is 5.82 Å². The molecular weight excluding hydrogens is 237 g/mol. The molecule has 0 saturated carbocycles. The maximum Gasteiger partial charge on any atom is 0.256 e. The van der Waals surface area contributed by atoms with Crippen LogP contribution in [0.25, 0.3) is 11.6 Å². The summed E-state index contributed by atoms with van der Waals surface area (Å²) >= 11 is 1.54. The van der Waals surface area contributed by atoms with Gasteiger partial charge >= 0.3 is 0 Å². The number of hydrogen-bond acceptors (Lipinski definition) is 2. The summed E-state index contributed by atoms with van der Waals surface area (Å²) in [6, 6.07) is 8.14. The Kier molecular flexibility index (Phi) is 2.30. The maximum absolute atomic E-state index is 13.2. The molecule has 84 valence electrons. The average molecular weight is 245 g/mol. The predicted molar refractivity (Wildman–Crippen MR) is 67.2 cm³/mol. The Bertz CT molecular complexity index is 616. The predicted octanol–water partition coefficient (Wildman–Crippen LogP) is 3.38. The van der Waals surface area contributed by atoms with Crippen molar-refractivity contribution in [1.29, 1.82) is 0 Å². The third kappa shape index (κ3) is 1.76. The highest BCUT2D eigenvalue weighted by molar-refractivity contribution is 7.11. The van der Waals surface area contributed by atoms with Crippen LogP contribution in [0.15, 0.2) is 35.7 Å². The zero-order chi connectivity index (χ0) is 11.8. The van der Waals surface area contributed by atoms with Crippen molar-refractivity contribution in [3.8, 4) is 0 Å². The largest absolute Gasteiger partial charge is 0.321 e. The molecule has 0 atom stereocenters. The number of rotatable bonds is 1. The molecule has 4 heteroatoms. The van der Waals surface area contributed by atoms with Crippen molar-refractivity contribution >= 4 is 34.6 Å². The molecule has 0 fully saturated rings. The Morgan fingerprint density at radius 1 is 1.29 bits per heavy atom. The lowest BCUT2D eigenvalue weighted by molar-refractivity contribution is -0.110. The van der Waals surface area contributed by atoms with E-state index in [1.807, 2.05) is 17.5 Å². The molecule has 1 aliphatic rings. The molecule has 2 aromatic rings. The maximum atomic E-state index is 13.2. The summed E-state index contributed by atoms with van der Waals surface area (Å²) in [7, 11) is 0. The molecule has 2 nitrogen and oxygen atoms in total. The summed E-state index contributed by atoms with van der Waals surface area (Å²) in [5.41, 5.74) is 1.81. The van der Waals surface area contributed by atoms with Crippen LogP contribution in [0.3, 0.4) is 0 Å². The molecule has 1 aromatic heterocycles. The molecule has 17 heavy (non-hydrogen) atoms. The van der Waals surface area contributed by atoms with Gasteiger partial charge in [0.15, 0.2) is 0 Å². The molecule has 1 N–H and O–H groups in total. The zero-order valence-corrected chi connectivity index (χ0v) is 9.55. The van der Waals surface area contributed by atoms with Crippen LogP contribution in [0.5, 0.6) is 0 Å². The fourth-order valence-corrected chi connectivity index (χ4v) is 2.48. The van der Waals surface area contributed by atoms with Gasteiger partial charge in [-0.15, -0.1) is 11.3 Å². The summed E-state index contributed by atoms with van der Waals surface area (Å²) in [4.78, 5) is 12.8. The highest BCUT2D eigenvalue weighted by Gasteiger charge is 2.24. The van der Waals surface area contributed by atoms with Crippen LogP contribution in [0.4, 0.5) is 10.1 Å². The van der Waals surface area contributed by atoms with Crippen LogP contribution in [-0.4, -0.2) is 5.91 Å². The quantitative estimate of drug-likeness (QED) is 0.767. The third-order valence-corrected chi connectivity index (χ3v) is 3.41. The van der Waals surface area contributed by atoms with E-state index in [0.717, 1.165) is 4.88 Å². The molecule has 0 aliphatic carbocycles. The first-order chi connectivity index (χ1) is 8.24. The molecule has 1 aliphatic heterocycles. The molecule has 0 spiro atoms. The van der Waals surface area contributed by atoms with Crippen LogP contribution in [0.1, 0.15) is 10.4 Å². The number of carbonyl (C=O) groups is 1. The normalized spacial score (nSPS) is 16.1. The lowest BCUT2D eigenvalue weighted by Crippen LogP contribution is -2.03. The highest BCUT2D eigenvalue weighted by Crippen LogP contribution is 2.33. The Morgan fingerprint density at radius 3 is 2.94 bits per heavy atom. The number of anilines is 1. The van der Waals surface area contributed by atoms with E-state index < -0.39 is 0 Å². The Morgan fingerprint density at radius 2 is 2.18 bits per heavy atom. The van der Waals surface area contributed by atoms with Crippen LogP contribution in [0.2, 0.25) is 0 Å². The van der Waals surface area contributed by atoms with E-state index in [1.54, 1.807) is 23.5 Å². The molecule has 2 heterocycles. The molecule has 1 aromatic carbocycles. The van der Waals surface area contributed by atoms with E-state index in [0.29, 0.717) is 16.8 Å². The standard InChI is InChI=1S/C13H8FNOS/c14-8-3-4-12-10(6-8)11(13(16)15-12)7-9-2-1-5-17-9/h1-7H,(H,15,16)/b11-7-. The summed E-state index contributed by atoms with van der Waals surface area (Å²) in [6.07, 6.45) is 1.78. The molecule has 0 radical (unpaired) electrons. The van der Waals surface area contributed by atoms with Crippen molar-refractivity contribution in [2.24, 2.45) is 0 Å². The second-order valence-corrected chi connectivity index (χ2v) is 4.70. The minimum atomic E-state index is -0.336. The number of nitrogens with one attached hydrogen (secondary N) is 1. The number of fused-ring (bicyclic) bond motifs is 1. The molecule has 0 unspecified atom stereocenters. The van der Waals surface area contributed by atoms with E-state index in [2.05, 4.69) is 5.32 Å². The highest BCUT2D eigenvalue weighted by atomic mass is 32.1. The van der Waals surface area contributed by atoms with Gasteiger partial charge in [0, 0.05) is 16.1 Å². The number of halogens is 1. The van der Waals surface area contributed by atoms with Crippen molar-refractivity contribution in [2.45, 2.75) is 0 Å². The molecule has 1 amide bonds. The topological polar surface area (TPSA) is 29.1 Å². The van der Waals surface area contributed by atoms with Crippen LogP contribution < -0.4 is 5.32 Å². The first-order valence-corrected chi connectivity index (χ1v) is 5.98. The van der Waals surface area contributed by atoms with E-state index in [4.69, 9.17) is 0 Å². The van der Waals surface area contributed by atoms with Gasteiger partial charge in [-0.25, -0.2) is 4.39 Å². The van der Waals surface area contributed by atoms with Crippen molar-refractivity contribution in [3.63, 3.8) is 0 Å². The minimum absolute atomic E-state index is 0.181. The number of carbonyl (C=O) groups excluding carboxylic acids is 1. The Labute approximate surface area is 101 Å². The first kappa shape index (κ1) is 10.2. The summed E-state index contributed by atoms with van der Waals surface area (Å²) in [5, 5.41) is 4.65. The fourth-order valence-electron chi connectivity index (χ4n) is 1.82. The van der Waals surface area contributed by atoms with E-state index in [9.17, 15) is 9.18 Å². The monoisotopic (exact) mass is 245 g/mol. The first-order valence-electron chi connectivity index (χ1n) is 5.10. The number of amides is 1. The van der Waals surface area contributed by atoms with E-state index in [1.165, 1.54) is 12.1 Å². The lowest BCUT2D eigenvalue weighted by atomic mass is 10.1. The van der Waals surface area contributed by atoms with Crippen molar-refractivity contribution in [3.05, 3.63) is 52.0 Å². The van der Waals surface area contributed by atoms with Gasteiger partial charge in [0.25, 0.3) is 5.91 Å². The van der Waals surface area contributed by atoms with Gasteiger partial charge in [0.05, 0.1) is 5.57 Å². The zero-order valence-electron chi connectivity index (χ0n) is 8.74. The van der Waals surface area contributed by atoms with Gasteiger partial charge in [0.1, 0.15) is 5.82 Å². The van der Waals surface area contributed by atoms with Gasteiger partial charge in [0.2, 0.25) is 0 Å². The number of thiophene rings is 1. The van der Waals surface area contributed by atoms with Gasteiger partial charge in [-0.2, -0.15) is 0 Å².